The van der Waals surface area contributed by atoms with E-state index in [1.54, 1.807) is 23.5 Å². The number of rotatable bonds is 1. The molecule has 0 aliphatic heterocycles. The Morgan fingerprint density at radius 2 is 1.17 bits per heavy atom. The zero-order valence-corrected chi connectivity index (χ0v) is 10.7. The zero-order valence-electron chi connectivity index (χ0n) is 9.86. The van der Waals surface area contributed by atoms with Gasteiger partial charge in [-0.25, -0.2) is 0 Å². The van der Waals surface area contributed by atoms with E-state index < -0.39 is 0 Å². The summed E-state index contributed by atoms with van der Waals surface area (Å²) >= 11 is 1.71. The second kappa shape index (κ2) is 6.62. The van der Waals surface area contributed by atoms with Crippen LogP contribution in [0.15, 0.2) is 77.5 Å². The van der Waals surface area contributed by atoms with E-state index >= 15 is 0 Å². The molecule has 0 unspecified atom stereocenters. The fourth-order valence-corrected chi connectivity index (χ4v) is 1.96. The van der Waals surface area contributed by atoms with E-state index in [2.05, 4.69) is 0 Å². The smallest absolute Gasteiger partial charge is 0.115 e. The molecule has 0 aliphatic rings. The predicted molar refractivity (Wildman–Crippen MR) is 77.9 cm³/mol. The summed E-state index contributed by atoms with van der Waals surface area (Å²) in [4.78, 5) is 0. The normalized spacial score (nSPS) is 9.33. The molecule has 18 heavy (non-hydrogen) atoms. The Morgan fingerprint density at radius 1 is 0.611 bits per heavy atom. The lowest BCUT2D eigenvalue weighted by molar-refractivity contribution is 0.475. The minimum absolute atomic E-state index is 0.305. The molecule has 0 saturated heterocycles. The maximum Gasteiger partial charge on any atom is 0.115 e. The van der Waals surface area contributed by atoms with Gasteiger partial charge in [0, 0.05) is 0 Å². The molecular formula is C16H14OS. The fourth-order valence-electron chi connectivity index (χ4n) is 1.51. The summed E-state index contributed by atoms with van der Waals surface area (Å²) in [5.74, 6) is 0.305. The van der Waals surface area contributed by atoms with Gasteiger partial charge < -0.3 is 5.11 Å². The molecule has 0 amide bonds. The molecule has 0 atom stereocenters. The second-order valence-corrected chi connectivity index (χ2v) is 4.52. The molecule has 1 aromatic heterocycles. The highest BCUT2D eigenvalue weighted by molar-refractivity contribution is 7.07. The van der Waals surface area contributed by atoms with Gasteiger partial charge in [-0.3, -0.25) is 0 Å². The van der Waals surface area contributed by atoms with Crippen LogP contribution in [0.2, 0.25) is 0 Å². The van der Waals surface area contributed by atoms with Gasteiger partial charge in [0.15, 0.2) is 0 Å². The summed E-state index contributed by atoms with van der Waals surface area (Å²) in [7, 11) is 0. The summed E-state index contributed by atoms with van der Waals surface area (Å²) in [5.41, 5.74) is 2.29. The number of hydrogen-bond donors (Lipinski definition) is 1. The van der Waals surface area contributed by atoms with Crippen molar-refractivity contribution in [2.24, 2.45) is 0 Å². The molecule has 3 aromatic rings. The third kappa shape index (κ3) is 3.75. The topological polar surface area (TPSA) is 20.2 Å². The van der Waals surface area contributed by atoms with Gasteiger partial charge in [-0.2, -0.15) is 11.3 Å². The van der Waals surface area contributed by atoms with Crippen LogP contribution >= 0.6 is 11.3 Å². The van der Waals surface area contributed by atoms with Crippen LogP contribution in [-0.4, -0.2) is 5.11 Å². The van der Waals surface area contributed by atoms with Gasteiger partial charge in [-0.15, -0.1) is 0 Å². The Labute approximate surface area is 111 Å². The van der Waals surface area contributed by atoms with Crippen LogP contribution in [0.1, 0.15) is 0 Å². The van der Waals surface area contributed by atoms with Gasteiger partial charge in [0.25, 0.3) is 0 Å². The average Bonchev–Trinajstić information content (AvgIpc) is 3.00. The van der Waals surface area contributed by atoms with E-state index in [-0.39, 0.29) is 0 Å². The minimum Gasteiger partial charge on any atom is -0.508 e. The Hall–Kier alpha value is -2.06. The van der Waals surface area contributed by atoms with Crippen molar-refractivity contribution in [2.45, 2.75) is 0 Å². The molecule has 90 valence electrons. The van der Waals surface area contributed by atoms with Gasteiger partial charge in [-0.1, -0.05) is 54.6 Å². The number of hydrogen-bond acceptors (Lipinski definition) is 2. The first-order valence-corrected chi connectivity index (χ1v) is 6.62. The maximum atomic E-state index is 9.10. The van der Waals surface area contributed by atoms with Crippen LogP contribution < -0.4 is 0 Å². The lowest BCUT2D eigenvalue weighted by atomic mass is 10.1. The molecule has 1 nitrogen and oxygen atoms in total. The van der Waals surface area contributed by atoms with Crippen molar-refractivity contribution in [3.05, 3.63) is 77.5 Å². The van der Waals surface area contributed by atoms with Gasteiger partial charge in [0.05, 0.1) is 0 Å². The van der Waals surface area contributed by atoms with E-state index in [1.165, 1.54) is 5.56 Å². The summed E-state index contributed by atoms with van der Waals surface area (Å²) in [5, 5.41) is 13.2. The summed E-state index contributed by atoms with van der Waals surface area (Å²) < 4.78 is 0. The number of thiophene rings is 1. The first-order valence-electron chi connectivity index (χ1n) is 5.68. The standard InChI is InChI=1S/C12H10O.C4H4S/c13-12-8-6-11(7-9-12)10-4-2-1-3-5-10;1-2-4-5-3-1/h1-9,13H;1-4H. The number of phenols is 1. The highest BCUT2D eigenvalue weighted by atomic mass is 32.1. The highest BCUT2D eigenvalue weighted by Crippen LogP contribution is 2.20. The van der Waals surface area contributed by atoms with Crippen LogP contribution in [0, 0.1) is 0 Å². The number of phenolic OH excluding ortho intramolecular Hbond substituents is 1. The summed E-state index contributed by atoms with van der Waals surface area (Å²) in [6.07, 6.45) is 0. The number of aromatic hydroxyl groups is 1. The van der Waals surface area contributed by atoms with Gasteiger partial charge in [0.2, 0.25) is 0 Å². The third-order valence-electron chi connectivity index (χ3n) is 2.40. The van der Waals surface area contributed by atoms with Crippen LogP contribution in [0.25, 0.3) is 11.1 Å². The van der Waals surface area contributed by atoms with Crippen molar-refractivity contribution < 1.29 is 5.11 Å². The molecule has 2 aromatic carbocycles. The van der Waals surface area contributed by atoms with Gasteiger partial charge in [0.1, 0.15) is 5.75 Å². The van der Waals surface area contributed by atoms with Crippen molar-refractivity contribution in [1.82, 2.24) is 0 Å². The van der Waals surface area contributed by atoms with Crippen LogP contribution in [-0.2, 0) is 0 Å². The summed E-state index contributed by atoms with van der Waals surface area (Å²) in [6.45, 7) is 0. The van der Waals surface area contributed by atoms with Crippen molar-refractivity contribution >= 4 is 11.3 Å². The molecule has 2 heteroatoms. The Bertz CT molecular complexity index is 524. The molecule has 0 saturated carbocycles. The molecule has 1 N–H and O–H groups in total. The predicted octanol–water partition coefficient (Wildman–Crippen LogP) is 4.81. The monoisotopic (exact) mass is 254 g/mol. The van der Waals surface area contributed by atoms with Crippen molar-refractivity contribution in [3.8, 4) is 16.9 Å². The first kappa shape index (κ1) is 12.4. The van der Waals surface area contributed by atoms with Gasteiger partial charge >= 0.3 is 0 Å². The van der Waals surface area contributed by atoms with Crippen LogP contribution in [0.5, 0.6) is 5.75 Å². The van der Waals surface area contributed by atoms with Gasteiger partial charge in [-0.05, 0) is 34.0 Å². The van der Waals surface area contributed by atoms with E-state index in [1.807, 2.05) is 65.4 Å². The second-order valence-electron chi connectivity index (χ2n) is 3.71. The molecule has 0 fully saturated rings. The summed E-state index contributed by atoms with van der Waals surface area (Å²) in [6, 6.07) is 21.3. The van der Waals surface area contributed by atoms with Crippen molar-refractivity contribution in [3.63, 3.8) is 0 Å². The van der Waals surface area contributed by atoms with E-state index in [9.17, 15) is 0 Å². The molecule has 3 rings (SSSR count). The van der Waals surface area contributed by atoms with E-state index in [0.717, 1.165) is 5.56 Å². The Kier molecular flexibility index (Phi) is 4.56. The zero-order chi connectivity index (χ0) is 12.6. The van der Waals surface area contributed by atoms with Crippen LogP contribution in [0.4, 0.5) is 0 Å². The average molecular weight is 254 g/mol. The highest BCUT2D eigenvalue weighted by Gasteiger charge is 1.94. The lowest BCUT2D eigenvalue weighted by Crippen LogP contribution is -1.74. The SMILES string of the molecule is Oc1ccc(-c2ccccc2)cc1.c1ccsc1. The molecular weight excluding hydrogens is 240 g/mol. The molecule has 0 spiro atoms. The quantitative estimate of drug-likeness (QED) is 0.661. The number of benzene rings is 2. The fraction of sp³-hybridized carbons (Fsp3) is 0. The molecule has 0 radical (unpaired) electrons. The molecule has 0 bridgehead atoms. The largest absolute Gasteiger partial charge is 0.508 e. The van der Waals surface area contributed by atoms with Crippen molar-refractivity contribution in [1.29, 1.82) is 0 Å². The maximum absolute atomic E-state index is 9.10. The Balaban J connectivity index is 0.000000202. The Morgan fingerprint density at radius 3 is 1.67 bits per heavy atom. The van der Waals surface area contributed by atoms with Crippen LogP contribution in [0.3, 0.4) is 0 Å². The molecule has 1 heterocycles. The van der Waals surface area contributed by atoms with E-state index in [4.69, 9.17) is 5.11 Å². The third-order valence-corrected chi connectivity index (χ3v) is 3.03. The van der Waals surface area contributed by atoms with E-state index in [0.29, 0.717) is 5.75 Å². The van der Waals surface area contributed by atoms with Crippen molar-refractivity contribution in [2.75, 3.05) is 0 Å². The molecule has 0 aliphatic carbocycles. The first-order chi connectivity index (χ1) is 8.86. The minimum atomic E-state index is 0.305. The lowest BCUT2D eigenvalue weighted by Gasteiger charge is -2.00.